The van der Waals surface area contributed by atoms with Crippen molar-refractivity contribution in [1.82, 2.24) is 14.8 Å². The Morgan fingerprint density at radius 1 is 1.06 bits per heavy atom. The zero-order valence-corrected chi connectivity index (χ0v) is 18.7. The number of nitriles is 2. The Hall–Kier alpha value is -3.75. The van der Waals surface area contributed by atoms with E-state index >= 15 is 0 Å². The predicted molar refractivity (Wildman–Crippen MR) is 121 cm³/mol. The van der Waals surface area contributed by atoms with E-state index in [9.17, 15) is 9.18 Å². The van der Waals surface area contributed by atoms with Crippen LogP contribution >= 0.6 is 0 Å². The summed E-state index contributed by atoms with van der Waals surface area (Å²) in [5.74, 6) is -0.256. The number of aromatic nitrogens is 2. The maximum absolute atomic E-state index is 14.0. The Bertz CT molecular complexity index is 1310. The molecule has 1 amide bonds. The van der Waals surface area contributed by atoms with Gasteiger partial charge in [-0.25, -0.2) is 9.45 Å². The molecule has 1 aliphatic heterocycles. The molecule has 0 bridgehead atoms. The molecule has 1 saturated heterocycles. The smallest absolute Gasteiger partial charge is 0.249 e. The lowest BCUT2D eigenvalue weighted by atomic mass is 9.81. The zero-order chi connectivity index (χ0) is 23.7. The molecular weight excluding hydrogens is 433 g/mol. The van der Waals surface area contributed by atoms with Gasteiger partial charge >= 0.3 is 0 Å². The Morgan fingerprint density at radius 3 is 2.62 bits per heavy atom. The van der Waals surface area contributed by atoms with Crippen LogP contribution in [0.3, 0.4) is 0 Å². The van der Waals surface area contributed by atoms with E-state index in [1.165, 1.54) is 17.2 Å². The highest BCUT2D eigenvalue weighted by Crippen LogP contribution is 2.37. The molecule has 2 heterocycles. The number of hydrogen-bond acceptors (Lipinski definition) is 5. The lowest BCUT2D eigenvalue weighted by Crippen LogP contribution is -2.37. The van der Waals surface area contributed by atoms with Gasteiger partial charge in [-0.3, -0.25) is 14.3 Å². The normalized spacial score (nSPS) is 22.4. The first kappa shape index (κ1) is 22.1. The van der Waals surface area contributed by atoms with Gasteiger partial charge in [0.05, 0.1) is 47.6 Å². The van der Waals surface area contributed by atoms with Crippen molar-refractivity contribution >= 4 is 16.8 Å². The standard InChI is InChI=1S/C26H24FN5O2/c27-23-11-19(14-29)10-21(12-23)25-7-8-34-32(25)26(33)20-4-1-17(2-5-20)16-31-24-6-3-18(13-28)9-22(24)15-30-31/h3,6,9-12,15,17,20,25H,1-2,4-5,7-8,16H2/t17-,20-,25-/m0/s1. The second-order valence-corrected chi connectivity index (χ2v) is 9.12. The van der Waals surface area contributed by atoms with E-state index in [0.29, 0.717) is 30.1 Å². The van der Waals surface area contributed by atoms with Gasteiger partial charge in [-0.2, -0.15) is 15.6 Å². The summed E-state index contributed by atoms with van der Waals surface area (Å²) in [4.78, 5) is 18.9. The molecule has 172 valence electrons. The Balaban J connectivity index is 1.22. The molecule has 0 unspecified atom stereocenters. The summed E-state index contributed by atoms with van der Waals surface area (Å²) in [6, 6.07) is 13.5. The molecule has 1 aliphatic carbocycles. The summed E-state index contributed by atoms with van der Waals surface area (Å²) < 4.78 is 16.0. The number of benzene rings is 2. The summed E-state index contributed by atoms with van der Waals surface area (Å²) in [7, 11) is 0. The number of rotatable bonds is 4. The van der Waals surface area contributed by atoms with Gasteiger partial charge in [0.1, 0.15) is 5.82 Å². The Labute approximate surface area is 196 Å². The molecule has 8 heteroatoms. The van der Waals surface area contributed by atoms with E-state index in [1.54, 1.807) is 18.3 Å². The number of amides is 1. The molecule has 0 N–H and O–H groups in total. The third kappa shape index (κ3) is 4.25. The number of fused-ring (bicyclic) bond motifs is 1. The quantitative estimate of drug-likeness (QED) is 0.569. The number of carbonyl (C=O) groups is 1. The molecule has 2 aromatic carbocycles. The minimum Gasteiger partial charge on any atom is -0.272 e. The van der Waals surface area contributed by atoms with Gasteiger partial charge < -0.3 is 0 Å². The second-order valence-electron chi connectivity index (χ2n) is 9.12. The molecule has 1 atom stereocenters. The van der Waals surface area contributed by atoms with Crippen molar-refractivity contribution in [2.24, 2.45) is 11.8 Å². The molecule has 0 spiro atoms. The topological polar surface area (TPSA) is 94.9 Å². The lowest BCUT2D eigenvalue weighted by molar-refractivity contribution is -0.183. The van der Waals surface area contributed by atoms with Gasteiger partial charge in [0.15, 0.2) is 0 Å². The SMILES string of the molecule is N#Cc1cc(F)cc([C@@H]2CCON2C(=O)[C@H]2CC[C@H](Cn3ncc4cc(C#N)ccc43)CC2)c1. The predicted octanol–water partition coefficient (Wildman–Crippen LogP) is 4.63. The first-order valence-corrected chi connectivity index (χ1v) is 11.6. The average molecular weight is 458 g/mol. The van der Waals surface area contributed by atoms with E-state index in [0.717, 1.165) is 43.1 Å². The van der Waals surface area contributed by atoms with E-state index in [-0.39, 0.29) is 23.4 Å². The van der Waals surface area contributed by atoms with Gasteiger partial charge in [0.25, 0.3) is 0 Å². The third-order valence-electron chi connectivity index (χ3n) is 6.95. The van der Waals surface area contributed by atoms with E-state index in [2.05, 4.69) is 11.2 Å². The van der Waals surface area contributed by atoms with Crippen LogP contribution < -0.4 is 0 Å². The fraction of sp³-hybridized carbons (Fsp3) is 0.385. The lowest BCUT2D eigenvalue weighted by Gasteiger charge is -2.32. The monoisotopic (exact) mass is 457 g/mol. The van der Waals surface area contributed by atoms with Gasteiger partial charge in [-0.05, 0) is 73.6 Å². The Kier molecular flexibility index (Phi) is 6.00. The molecule has 5 rings (SSSR count). The molecule has 1 aromatic heterocycles. The van der Waals surface area contributed by atoms with Crippen LogP contribution in [0.25, 0.3) is 10.9 Å². The van der Waals surface area contributed by atoms with Gasteiger partial charge in [0, 0.05) is 24.3 Å². The number of nitrogens with zero attached hydrogens (tertiary/aromatic N) is 5. The van der Waals surface area contributed by atoms with Crippen molar-refractivity contribution in [3.8, 4) is 12.1 Å². The summed E-state index contributed by atoms with van der Waals surface area (Å²) in [6.07, 6.45) is 5.71. The fourth-order valence-electron chi connectivity index (χ4n) is 5.18. The highest BCUT2D eigenvalue weighted by molar-refractivity contribution is 5.80. The van der Waals surface area contributed by atoms with Gasteiger partial charge in [-0.1, -0.05) is 0 Å². The number of hydroxylamine groups is 2. The van der Waals surface area contributed by atoms with Crippen LogP contribution in [0.2, 0.25) is 0 Å². The molecule has 1 saturated carbocycles. The fourth-order valence-corrected chi connectivity index (χ4v) is 5.18. The first-order valence-electron chi connectivity index (χ1n) is 11.6. The summed E-state index contributed by atoms with van der Waals surface area (Å²) in [5, 5.41) is 25.1. The summed E-state index contributed by atoms with van der Waals surface area (Å²) >= 11 is 0. The van der Waals surface area contributed by atoms with E-state index in [1.807, 2.05) is 22.9 Å². The minimum absolute atomic E-state index is 0.0581. The van der Waals surface area contributed by atoms with Crippen LogP contribution in [0.1, 0.15) is 54.8 Å². The van der Waals surface area contributed by atoms with Gasteiger partial charge in [0.2, 0.25) is 5.91 Å². The Morgan fingerprint density at radius 2 is 1.85 bits per heavy atom. The molecule has 7 nitrogen and oxygen atoms in total. The molecule has 34 heavy (non-hydrogen) atoms. The summed E-state index contributed by atoms with van der Waals surface area (Å²) in [5.41, 5.74) is 2.47. The maximum Gasteiger partial charge on any atom is 0.249 e. The van der Waals surface area contributed by atoms with E-state index in [4.69, 9.17) is 15.4 Å². The molecule has 2 aliphatic rings. The van der Waals surface area contributed by atoms with Crippen LogP contribution in [0.4, 0.5) is 4.39 Å². The summed E-state index contributed by atoms with van der Waals surface area (Å²) in [6.45, 7) is 1.17. The zero-order valence-electron chi connectivity index (χ0n) is 18.7. The van der Waals surface area contributed by atoms with Gasteiger partial charge in [-0.15, -0.1) is 0 Å². The van der Waals surface area contributed by atoms with Crippen molar-refractivity contribution in [3.05, 3.63) is 65.1 Å². The van der Waals surface area contributed by atoms with Crippen LogP contribution in [-0.2, 0) is 16.2 Å². The van der Waals surface area contributed by atoms with Crippen LogP contribution in [0.5, 0.6) is 0 Å². The molecule has 3 aromatic rings. The van der Waals surface area contributed by atoms with Crippen molar-refractivity contribution < 1.29 is 14.0 Å². The number of carbonyl (C=O) groups excluding carboxylic acids is 1. The molecule has 0 radical (unpaired) electrons. The minimum atomic E-state index is -0.483. The first-order chi connectivity index (χ1) is 16.6. The van der Waals surface area contributed by atoms with Crippen molar-refractivity contribution in [2.45, 2.75) is 44.7 Å². The number of hydrogen-bond donors (Lipinski definition) is 0. The second kappa shape index (κ2) is 9.24. The largest absolute Gasteiger partial charge is 0.272 e. The van der Waals surface area contributed by atoms with Crippen molar-refractivity contribution in [1.29, 1.82) is 10.5 Å². The van der Waals surface area contributed by atoms with E-state index < -0.39 is 5.82 Å². The third-order valence-corrected chi connectivity index (χ3v) is 6.95. The van der Waals surface area contributed by atoms with Crippen LogP contribution in [-0.4, -0.2) is 27.4 Å². The number of halogens is 1. The van der Waals surface area contributed by atoms with Crippen molar-refractivity contribution in [2.75, 3.05) is 6.61 Å². The average Bonchev–Trinajstić information content (AvgIpc) is 3.51. The van der Waals surface area contributed by atoms with Crippen LogP contribution in [0, 0.1) is 40.3 Å². The maximum atomic E-state index is 14.0. The van der Waals surface area contributed by atoms with Crippen LogP contribution in [0.15, 0.2) is 42.6 Å². The highest BCUT2D eigenvalue weighted by atomic mass is 19.1. The molecular formula is C26H24FN5O2. The molecule has 2 fully saturated rings. The highest BCUT2D eigenvalue weighted by Gasteiger charge is 2.37. The van der Waals surface area contributed by atoms with Crippen molar-refractivity contribution in [3.63, 3.8) is 0 Å².